The van der Waals surface area contributed by atoms with E-state index in [2.05, 4.69) is 14.9 Å². The fourth-order valence-corrected chi connectivity index (χ4v) is 3.81. The molecule has 0 bridgehead atoms. The standard InChI is InChI=1S/C17H19ClN4O3/c1-6-13-9(2)17(4,25-10(3)23)15(24-13)12-7-11(19-5)14-16(18)20-8-21-22(12)14/h7-9,13,15H,6H2,1-4H3/t9-,13-,15+,17-/m1/s1. The zero-order chi connectivity index (χ0) is 18.4. The molecule has 1 aliphatic rings. The van der Waals surface area contributed by atoms with Crippen LogP contribution in [-0.2, 0) is 14.3 Å². The summed E-state index contributed by atoms with van der Waals surface area (Å²) in [6.45, 7) is 14.7. The van der Waals surface area contributed by atoms with Crippen molar-refractivity contribution in [2.45, 2.75) is 51.9 Å². The van der Waals surface area contributed by atoms with E-state index in [9.17, 15) is 4.79 Å². The molecule has 0 spiro atoms. The van der Waals surface area contributed by atoms with Gasteiger partial charge in [-0.2, -0.15) is 5.10 Å². The SMILES string of the molecule is [C-]#[N+]c1cc([C@@H]2O[C@H](CC)[C@@H](C)[C@@]2(C)OC(C)=O)n2ncnc(Cl)c12. The van der Waals surface area contributed by atoms with Crippen molar-refractivity contribution in [3.8, 4) is 0 Å². The van der Waals surface area contributed by atoms with Crippen molar-refractivity contribution >= 4 is 28.8 Å². The maximum absolute atomic E-state index is 11.7. The highest BCUT2D eigenvalue weighted by Crippen LogP contribution is 2.50. The highest BCUT2D eigenvalue weighted by Gasteiger charge is 2.55. The van der Waals surface area contributed by atoms with Crippen molar-refractivity contribution in [3.63, 3.8) is 0 Å². The molecule has 2 aromatic heterocycles. The molecule has 3 rings (SSSR count). The molecular formula is C17H19ClN4O3. The molecule has 0 aromatic carbocycles. The van der Waals surface area contributed by atoms with E-state index >= 15 is 0 Å². The van der Waals surface area contributed by atoms with Crippen molar-refractivity contribution in [1.82, 2.24) is 14.6 Å². The highest BCUT2D eigenvalue weighted by atomic mass is 35.5. The van der Waals surface area contributed by atoms with Crippen molar-refractivity contribution in [1.29, 1.82) is 0 Å². The highest BCUT2D eigenvalue weighted by molar-refractivity contribution is 6.33. The second-order valence-electron chi connectivity index (χ2n) is 6.41. The third-order valence-corrected chi connectivity index (χ3v) is 5.24. The van der Waals surface area contributed by atoms with Gasteiger partial charge in [0.05, 0.1) is 18.4 Å². The van der Waals surface area contributed by atoms with Gasteiger partial charge in [-0.25, -0.2) is 14.3 Å². The van der Waals surface area contributed by atoms with E-state index in [0.717, 1.165) is 6.42 Å². The Morgan fingerprint density at radius 1 is 1.60 bits per heavy atom. The van der Waals surface area contributed by atoms with E-state index in [1.165, 1.54) is 13.3 Å². The van der Waals surface area contributed by atoms with Gasteiger partial charge in [-0.3, -0.25) is 4.79 Å². The van der Waals surface area contributed by atoms with Crippen LogP contribution >= 0.6 is 11.6 Å². The quantitative estimate of drug-likeness (QED) is 0.614. The van der Waals surface area contributed by atoms with Gasteiger partial charge in [-0.15, -0.1) is 0 Å². The molecule has 4 atom stereocenters. The fourth-order valence-electron chi connectivity index (χ4n) is 3.59. The second kappa shape index (κ2) is 6.28. The Balaban J connectivity index is 2.20. The van der Waals surface area contributed by atoms with Crippen molar-refractivity contribution in [2.24, 2.45) is 5.92 Å². The Morgan fingerprint density at radius 3 is 2.92 bits per heavy atom. The number of esters is 1. The first-order valence-corrected chi connectivity index (χ1v) is 8.45. The molecule has 0 aliphatic carbocycles. The van der Waals surface area contributed by atoms with Gasteiger partial charge in [0, 0.05) is 12.8 Å². The number of carbonyl (C=O) groups excluding carboxylic acids is 1. The lowest BCUT2D eigenvalue weighted by molar-refractivity contribution is -0.165. The molecule has 3 heterocycles. The lowest BCUT2D eigenvalue weighted by atomic mass is 9.83. The molecule has 132 valence electrons. The van der Waals surface area contributed by atoms with E-state index < -0.39 is 11.7 Å². The van der Waals surface area contributed by atoms with E-state index in [0.29, 0.717) is 16.9 Å². The predicted molar refractivity (Wildman–Crippen MR) is 91.5 cm³/mol. The van der Waals surface area contributed by atoms with E-state index in [1.807, 2.05) is 20.8 Å². The first-order chi connectivity index (χ1) is 11.8. The summed E-state index contributed by atoms with van der Waals surface area (Å²) in [5.74, 6) is -0.399. The van der Waals surface area contributed by atoms with Gasteiger partial charge in [-0.1, -0.05) is 25.4 Å². The molecule has 0 amide bonds. The number of ether oxygens (including phenoxy) is 2. The van der Waals surface area contributed by atoms with Gasteiger partial charge in [-0.05, 0) is 19.4 Å². The van der Waals surface area contributed by atoms with Crippen molar-refractivity contribution in [2.75, 3.05) is 0 Å². The molecule has 0 unspecified atom stereocenters. The molecule has 1 saturated heterocycles. The Hall–Kier alpha value is -2.17. The summed E-state index contributed by atoms with van der Waals surface area (Å²) < 4.78 is 13.5. The second-order valence-corrected chi connectivity index (χ2v) is 6.76. The number of halogens is 1. The van der Waals surface area contributed by atoms with Gasteiger partial charge < -0.3 is 9.47 Å². The monoisotopic (exact) mass is 362 g/mol. The summed E-state index contributed by atoms with van der Waals surface area (Å²) in [5.41, 5.74) is 0.506. The number of hydrogen-bond acceptors (Lipinski definition) is 5. The van der Waals surface area contributed by atoms with E-state index in [4.69, 9.17) is 27.6 Å². The normalized spacial score (nSPS) is 28.9. The van der Waals surface area contributed by atoms with Gasteiger partial charge in [0.25, 0.3) is 0 Å². The number of nitrogens with zero attached hydrogens (tertiary/aromatic N) is 4. The average molecular weight is 363 g/mol. The lowest BCUT2D eigenvalue weighted by Crippen LogP contribution is -2.41. The molecule has 1 fully saturated rings. The minimum atomic E-state index is -0.877. The van der Waals surface area contributed by atoms with Crippen molar-refractivity contribution in [3.05, 3.63) is 34.7 Å². The van der Waals surface area contributed by atoms with Crippen LogP contribution in [-0.4, -0.2) is 32.3 Å². The Kier molecular flexibility index (Phi) is 4.43. The molecular weight excluding hydrogens is 344 g/mol. The first-order valence-electron chi connectivity index (χ1n) is 8.08. The van der Waals surface area contributed by atoms with Crippen LogP contribution in [0.2, 0.25) is 5.15 Å². The van der Waals surface area contributed by atoms with Crippen molar-refractivity contribution < 1.29 is 14.3 Å². The summed E-state index contributed by atoms with van der Waals surface area (Å²) >= 11 is 6.16. The topological polar surface area (TPSA) is 70.1 Å². The number of aromatic nitrogens is 3. The van der Waals surface area contributed by atoms with Crippen LogP contribution in [0.3, 0.4) is 0 Å². The zero-order valence-corrected chi connectivity index (χ0v) is 15.2. The maximum Gasteiger partial charge on any atom is 0.303 e. The van der Waals surface area contributed by atoms with Crippen LogP contribution in [0.15, 0.2) is 12.4 Å². The Labute approximate surface area is 150 Å². The lowest BCUT2D eigenvalue weighted by Gasteiger charge is -2.33. The summed E-state index contributed by atoms with van der Waals surface area (Å²) in [6.07, 6.45) is 1.47. The Morgan fingerprint density at radius 2 is 2.32 bits per heavy atom. The summed E-state index contributed by atoms with van der Waals surface area (Å²) in [7, 11) is 0. The molecule has 2 aromatic rings. The van der Waals surface area contributed by atoms with Crippen LogP contribution in [0.5, 0.6) is 0 Å². The molecule has 1 aliphatic heterocycles. The van der Waals surface area contributed by atoms with Crippen LogP contribution in [0.4, 0.5) is 5.69 Å². The van der Waals surface area contributed by atoms with Crippen LogP contribution in [0.25, 0.3) is 10.4 Å². The molecule has 25 heavy (non-hydrogen) atoms. The summed E-state index contributed by atoms with van der Waals surface area (Å²) in [6, 6.07) is 1.68. The number of fused-ring (bicyclic) bond motifs is 1. The van der Waals surface area contributed by atoms with Crippen LogP contribution in [0, 0.1) is 12.5 Å². The molecule has 0 N–H and O–H groups in total. The summed E-state index contributed by atoms with van der Waals surface area (Å²) in [4.78, 5) is 19.2. The van der Waals surface area contributed by atoms with E-state index in [-0.39, 0.29) is 23.1 Å². The molecule has 0 saturated carbocycles. The maximum atomic E-state index is 11.7. The minimum absolute atomic E-state index is 0.0225. The molecule has 7 nitrogen and oxygen atoms in total. The number of hydrogen-bond donors (Lipinski definition) is 0. The van der Waals surface area contributed by atoms with Gasteiger partial charge in [0.1, 0.15) is 28.7 Å². The first kappa shape index (κ1) is 17.6. The average Bonchev–Trinajstić information content (AvgIpc) is 3.04. The van der Waals surface area contributed by atoms with Gasteiger partial charge in [0.2, 0.25) is 5.69 Å². The minimum Gasteiger partial charge on any atom is -0.456 e. The van der Waals surface area contributed by atoms with E-state index in [1.54, 1.807) is 10.6 Å². The largest absolute Gasteiger partial charge is 0.456 e. The molecule has 8 heteroatoms. The van der Waals surface area contributed by atoms with Crippen LogP contribution < -0.4 is 0 Å². The van der Waals surface area contributed by atoms with Gasteiger partial charge >= 0.3 is 5.97 Å². The third kappa shape index (κ3) is 2.66. The van der Waals surface area contributed by atoms with Crippen LogP contribution in [0.1, 0.15) is 45.9 Å². The molecule has 0 radical (unpaired) electrons. The summed E-state index contributed by atoms with van der Waals surface area (Å²) in [5, 5.41) is 4.43. The Bertz CT molecular complexity index is 875. The third-order valence-electron chi connectivity index (χ3n) is 4.97. The zero-order valence-electron chi connectivity index (χ0n) is 14.5. The predicted octanol–water partition coefficient (Wildman–Crippen LogP) is 3.74. The smallest absolute Gasteiger partial charge is 0.303 e. The fraction of sp³-hybridized carbons (Fsp3) is 0.529. The number of carbonyl (C=O) groups is 1. The van der Waals surface area contributed by atoms with Gasteiger partial charge in [0.15, 0.2) is 0 Å². The number of rotatable bonds is 3.